The zero-order valence-electron chi connectivity index (χ0n) is 8.73. The van der Waals surface area contributed by atoms with Crippen molar-refractivity contribution < 1.29 is 28.9 Å². The summed E-state index contributed by atoms with van der Waals surface area (Å²) in [6, 6.07) is 2.15. The van der Waals surface area contributed by atoms with Crippen molar-refractivity contribution in [3.8, 4) is 11.5 Å². The average molecular weight is 230 g/mol. The summed E-state index contributed by atoms with van der Waals surface area (Å²) in [5.41, 5.74) is -0.564. The number of aliphatic hydroxyl groups excluding tert-OH is 1. The third kappa shape index (κ3) is 2.06. The SMILES string of the molecule is COC(=O)C(O)c1c(F)ccc(OC)c1O. The first kappa shape index (κ1) is 12.3. The Labute approximate surface area is 91.0 Å². The maximum Gasteiger partial charge on any atom is 0.339 e. The van der Waals surface area contributed by atoms with Gasteiger partial charge in [0.2, 0.25) is 0 Å². The molecule has 0 aromatic heterocycles. The molecule has 0 aliphatic carbocycles. The molecule has 5 nitrogen and oxygen atoms in total. The number of benzene rings is 1. The van der Waals surface area contributed by atoms with Gasteiger partial charge in [-0.1, -0.05) is 0 Å². The minimum Gasteiger partial charge on any atom is -0.504 e. The predicted octanol–water partition coefficient (Wildman–Crippen LogP) is 0.746. The highest BCUT2D eigenvalue weighted by molar-refractivity contribution is 5.77. The molecule has 0 heterocycles. The molecule has 1 unspecified atom stereocenters. The van der Waals surface area contributed by atoms with Gasteiger partial charge in [-0.3, -0.25) is 0 Å². The number of ether oxygens (including phenoxy) is 2. The zero-order chi connectivity index (χ0) is 12.3. The van der Waals surface area contributed by atoms with Crippen LogP contribution in [-0.4, -0.2) is 30.4 Å². The topological polar surface area (TPSA) is 76.0 Å². The van der Waals surface area contributed by atoms with Gasteiger partial charge in [0.15, 0.2) is 17.6 Å². The first-order chi connectivity index (χ1) is 7.52. The summed E-state index contributed by atoms with van der Waals surface area (Å²) >= 11 is 0. The number of phenolic OH excluding ortho intramolecular Hbond substituents is 1. The Morgan fingerprint density at radius 3 is 2.56 bits per heavy atom. The third-order valence-corrected chi connectivity index (χ3v) is 2.04. The summed E-state index contributed by atoms with van der Waals surface area (Å²) in [5.74, 6) is -2.65. The fourth-order valence-corrected chi connectivity index (χ4v) is 1.22. The molecule has 0 saturated heterocycles. The molecule has 0 saturated carbocycles. The number of rotatable bonds is 3. The predicted molar refractivity (Wildman–Crippen MR) is 51.6 cm³/mol. The maximum atomic E-state index is 13.3. The number of carbonyl (C=O) groups excluding carboxylic acids is 1. The number of aromatic hydroxyl groups is 1. The van der Waals surface area contributed by atoms with E-state index in [0.717, 1.165) is 13.2 Å². The molecule has 2 N–H and O–H groups in total. The van der Waals surface area contributed by atoms with Gasteiger partial charge in [0.1, 0.15) is 5.82 Å². The van der Waals surface area contributed by atoms with Gasteiger partial charge in [-0.05, 0) is 12.1 Å². The molecular formula is C10H11FO5. The fraction of sp³-hybridized carbons (Fsp3) is 0.300. The zero-order valence-corrected chi connectivity index (χ0v) is 8.73. The molecule has 0 spiro atoms. The number of hydrogen-bond acceptors (Lipinski definition) is 5. The van der Waals surface area contributed by atoms with E-state index >= 15 is 0 Å². The van der Waals surface area contributed by atoms with E-state index < -0.39 is 29.2 Å². The molecular weight excluding hydrogens is 219 g/mol. The van der Waals surface area contributed by atoms with E-state index in [1.165, 1.54) is 13.2 Å². The van der Waals surface area contributed by atoms with E-state index in [1.54, 1.807) is 0 Å². The number of carbonyl (C=O) groups is 1. The van der Waals surface area contributed by atoms with Crippen LogP contribution in [0, 0.1) is 5.82 Å². The number of esters is 1. The lowest BCUT2D eigenvalue weighted by atomic mass is 10.1. The average Bonchev–Trinajstić information content (AvgIpc) is 2.28. The van der Waals surface area contributed by atoms with Crippen molar-refractivity contribution in [3.05, 3.63) is 23.5 Å². The van der Waals surface area contributed by atoms with Gasteiger partial charge in [0, 0.05) is 0 Å². The lowest BCUT2D eigenvalue weighted by molar-refractivity contribution is -0.151. The molecule has 6 heteroatoms. The molecule has 1 atom stereocenters. The smallest absolute Gasteiger partial charge is 0.339 e. The summed E-state index contributed by atoms with van der Waals surface area (Å²) in [4.78, 5) is 11.0. The fourth-order valence-electron chi connectivity index (χ4n) is 1.22. The normalized spacial score (nSPS) is 12.0. The lowest BCUT2D eigenvalue weighted by Gasteiger charge is -2.13. The maximum absolute atomic E-state index is 13.3. The molecule has 0 fully saturated rings. The first-order valence-corrected chi connectivity index (χ1v) is 4.34. The van der Waals surface area contributed by atoms with Crippen LogP contribution in [0.25, 0.3) is 0 Å². The van der Waals surface area contributed by atoms with Crippen LogP contribution in [0.3, 0.4) is 0 Å². The van der Waals surface area contributed by atoms with Gasteiger partial charge >= 0.3 is 5.97 Å². The first-order valence-electron chi connectivity index (χ1n) is 4.34. The van der Waals surface area contributed by atoms with Gasteiger partial charge in [-0.15, -0.1) is 0 Å². The third-order valence-electron chi connectivity index (χ3n) is 2.04. The quantitative estimate of drug-likeness (QED) is 0.749. The summed E-state index contributed by atoms with van der Waals surface area (Å²) in [5, 5.41) is 19.0. The molecule has 0 aliphatic rings. The summed E-state index contributed by atoms with van der Waals surface area (Å²) in [6.45, 7) is 0. The number of methoxy groups -OCH3 is 2. The Kier molecular flexibility index (Phi) is 3.68. The van der Waals surface area contributed by atoms with Crippen molar-refractivity contribution in [3.63, 3.8) is 0 Å². The van der Waals surface area contributed by atoms with Crippen LogP contribution >= 0.6 is 0 Å². The molecule has 0 amide bonds. The second kappa shape index (κ2) is 4.80. The number of halogens is 1. The van der Waals surface area contributed by atoms with Gasteiger partial charge in [-0.2, -0.15) is 0 Å². The lowest BCUT2D eigenvalue weighted by Crippen LogP contribution is -2.15. The van der Waals surface area contributed by atoms with Crippen molar-refractivity contribution in [1.29, 1.82) is 0 Å². The van der Waals surface area contributed by atoms with Crippen molar-refractivity contribution in [1.82, 2.24) is 0 Å². The second-order valence-electron chi connectivity index (χ2n) is 2.94. The Bertz CT molecular complexity index is 404. The van der Waals surface area contributed by atoms with Crippen LogP contribution in [0.1, 0.15) is 11.7 Å². The van der Waals surface area contributed by atoms with E-state index in [-0.39, 0.29) is 5.75 Å². The van der Waals surface area contributed by atoms with Crippen LogP contribution in [-0.2, 0) is 9.53 Å². The number of phenols is 1. The molecule has 1 aromatic carbocycles. The van der Waals surface area contributed by atoms with Crippen LogP contribution < -0.4 is 4.74 Å². The van der Waals surface area contributed by atoms with Crippen molar-refractivity contribution in [2.75, 3.05) is 14.2 Å². The Morgan fingerprint density at radius 2 is 2.06 bits per heavy atom. The van der Waals surface area contributed by atoms with Gasteiger partial charge < -0.3 is 19.7 Å². The highest BCUT2D eigenvalue weighted by atomic mass is 19.1. The molecule has 88 valence electrons. The molecule has 1 aromatic rings. The van der Waals surface area contributed by atoms with Crippen LogP contribution in [0.4, 0.5) is 4.39 Å². The Hall–Kier alpha value is -1.82. The van der Waals surface area contributed by atoms with E-state index in [2.05, 4.69) is 4.74 Å². The summed E-state index contributed by atoms with van der Waals surface area (Å²) in [6.07, 6.45) is -1.89. The van der Waals surface area contributed by atoms with Crippen LogP contribution in [0.2, 0.25) is 0 Å². The van der Waals surface area contributed by atoms with Crippen LogP contribution in [0.5, 0.6) is 11.5 Å². The van der Waals surface area contributed by atoms with E-state index in [1.807, 2.05) is 0 Å². The summed E-state index contributed by atoms with van der Waals surface area (Å²) < 4.78 is 22.3. The summed E-state index contributed by atoms with van der Waals surface area (Å²) in [7, 11) is 2.31. The number of aliphatic hydroxyl groups is 1. The van der Waals surface area contributed by atoms with Gasteiger partial charge in [-0.25, -0.2) is 9.18 Å². The number of hydrogen-bond donors (Lipinski definition) is 2. The standard InChI is InChI=1S/C10H11FO5/c1-15-6-4-3-5(11)7(8(6)12)9(13)10(14)16-2/h3-4,9,12-13H,1-2H3. The monoisotopic (exact) mass is 230 g/mol. The molecule has 1 rings (SSSR count). The minimum atomic E-state index is -1.89. The highest BCUT2D eigenvalue weighted by Crippen LogP contribution is 2.35. The Morgan fingerprint density at radius 1 is 1.44 bits per heavy atom. The van der Waals surface area contributed by atoms with E-state index in [0.29, 0.717) is 0 Å². The van der Waals surface area contributed by atoms with Gasteiger partial charge in [0.25, 0.3) is 0 Å². The molecule has 16 heavy (non-hydrogen) atoms. The highest BCUT2D eigenvalue weighted by Gasteiger charge is 2.27. The molecule has 0 bridgehead atoms. The van der Waals surface area contributed by atoms with E-state index in [9.17, 15) is 19.4 Å². The minimum absolute atomic E-state index is 0.0423. The van der Waals surface area contributed by atoms with Crippen molar-refractivity contribution >= 4 is 5.97 Å². The van der Waals surface area contributed by atoms with Crippen LogP contribution in [0.15, 0.2) is 12.1 Å². The van der Waals surface area contributed by atoms with Gasteiger partial charge in [0.05, 0.1) is 19.8 Å². The second-order valence-corrected chi connectivity index (χ2v) is 2.94. The Balaban J connectivity index is 3.26. The molecule has 0 aliphatic heterocycles. The molecule has 0 radical (unpaired) electrons. The van der Waals surface area contributed by atoms with Crippen molar-refractivity contribution in [2.45, 2.75) is 6.10 Å². The van der Waals surface area contributed by atoms with Crippen molar-refractivity contribution in [2.24, 2.45) is 0 Å². The van der Waals surface area contributed by atoms with E-state index in [4.69, 9.17) is 4.74 Å². The largest absolute Gasteiger partial charge is 0.504 e.